The SMILES string of the molecule is O=C([O-])/C(=C/c1cccs1)c1ccc(S(=O)(=O)N2CCOCC2)s1. The van der Waals surface area contributed by atoms with Crippen molar-refractivity contribution in [3.05, 3.63) is 39.4 Å². The van der Waals surface area contributed by atoms with Crippen LogP contribution < -0.4 is 5.11 Å². The lowest BCUT2D eigenvalue weighted by Gasteiger charge is -2.25. The number of nitrogens with zero attached hydrogens (tertiary/aromatic N) is 1. The Labute approximate surface area is 147 Å². The Hall–Kier alpha value is -1.52. The van der Waals surface area contributed by atoms with Crippen molar-refractivity contribution in [1.82, 2.24) is 4.31 Å². The second-order valence-corrected chi connectivity index (χ2v) is 9.22. The van der Waals surface area contributed by atoms with E-state index >= 15 is 0 Å². The summed E-state index contributed by atoms with van der Waals surface area (Å²) in [6.07, 6.45) is 1.50. The number of sulfonamides is 1. The minimum atomic E-state index is -3.63. The predicted octanol–water partition coefficient (Wildman–Crippen LogP) is 1.12. The van der Waals surface area contributed by atoms with Crippen LogP contribution in [0.2, 0.25) is 0 Å². The van der Waals surface area contributed by atoms with Gasteiger partial charge in [-0.05, 0) is 29.7 Å². The van der Waals surface area contributed by atoms with Crippen LogP contribution in [0.5, 0.6) is 0 Å². The maximum Gasteiger partial charge on any atom is 0.252 e. The van der Waals surface area contributed by atoms with Gasteiger partial charge in [0.15, 0.2) is 0 Å². The normalized spacial score (nSPS) is 17.1. The first kappa shape index (κ1) is 17.3. The molecule has 3 heterocycles. The van der Waals surface area contributed by atoms with E-state index < -0.39 is 16.0 Å². The second kappa shape index (κ2) is 7.16. The van der Waals surface area contributed by atoms with Crippen molar-refractivity contribution in [2.24, 2.45) is 0 Å². The van der Waals surface area contributed by atoms with Gasteiger partial charge < -0.3 is 14.6 Å². The van der Waals surface area contributed by atoms with E-state index in [0.717, 1.165) is 16.2 Å². The van der Waals surface area contributed by atoms with E-state index in [1.807, 2.05) is 11.4 Å². The van der Waals surface area contributed by atoms with Crippen molar-refractivity contribution in [1.29, 1.82) is 0 Å². The van der Waals surface area contributed by atoms with Crippen LogP contribution in [0.1, 0.15) is 9.75 Å². The van der Waals surface area contributed by atoms with Gasteiger partial charge in [-0.25, -0.2) is 8.42 Å². The van der Waals surface area contributed by atoms with Gasteiger partial charge >= 0.3 is 0 Å². The molecular weight excluding hydrogens is 370 g/mol. The molecule has 0 atom stereocenters. The van der Waals surface area contributed by atoms with Gasteiger partial charge in [0.2, 0.25) is 0 Å². The van der Waals surface area contributed by atoms with Gasteiger partial charge in [0.05, 0.1) is 19.2 Å². The average Bonchev–Trinajstić information content (AvgIpc) is 3.25. The monoisotopic (exact) mass is 384 g/mol. The van der Waals surface area contributed by atoms with E-state index in [-0.39, 0.29) is 9.78 Å². The smallest absolute Gasteiger partial charge is 0.252 e. The Morgan fingerprint density at radius 2 is 2.00 bits per heavy atom. The summed E-state index contributed by atoms with van der Waals surface area (Å²) >= 11 is 2.33. The van der Waals surface area contributed by atoms with Crippen LogP contribution in [-0.4, -0.2) is 45.0 Å². The second-order valence-electron chi connectivity index (χ2n) is 5.00. The molecule has 0 aromatic carbocycles. The fourth-order valence-corrected chi connectivity index (χ4v) is 5.79. The van der Waals surface area contributed by atoms with Crippen LogP contribution in [0.25, 0.3) is 11.6 Å². The van der Waals surface area contributed by atoms with Crippen LogP contribution >= 0.6 is 22.7 Å². The van der Waals surface area contributed by atoms with Crippen molar-refractivity contribution in [2.45, 2.75) is 4.21 Å². The third-order valence-corrected chi connectivity index (χ3v) is 7.76. The lowest BCUT2D eigenvalue weighted by atomic mass is 10.2. The molecule has 0 radical (unpaired) electrons. The molecule has 0 amide bonds. The maximum atomic E-state index is 12.6. The summed E-state index contributed by atoms with van der Waals surface area (Å²) in [5, 5.41) is 13.3. The third kappa shape index (κ3) is 3.60. The molecule has 0 spiro atoms. The van der Waals surface area contributed by atoms with Crippen molar-refractivity contribution in [3.8, 4) is 0 Å². The molecule has 1 saturated heterocycles. The molecule has 0 unspecified atom stereocenters. The topological polar surface area (TPSA) is 86.7 Å². The van der Waals surface area contributed by atoms with Gasteiger partial charge in [-0.15, -0.1) is 22.7 Å². The molecule has 0 N–H and O–H groups in total. The number of ether oxygens (including phenoxy) is 1. The number of aliphatic carboxylic acids is 1. The van der Waals surface area contributed by atoms with Crippen LogP contribution in [-0.2, 0) is 19.6 Å². The molecular formula is C15H14NO5S3-. The van der Waals surface area contributed by atoms with E-state index in [4.69, 9.17) is 4.74 Å². The van der Waals surface area contributed by atoms with Gasteiger partial charge in [0.1, 0.15) is 4.21 Å². The van der Waals surface area contributed by atoms with E-state index in [1.165, 1.54) is 33.9 Å². The van der Waals surface area contributed by atoms with Gasteiger partial charge in [0.25, 0.3) is 10.0 Å². The standard InChI is InChI=1S/C15H15NO5S3/c17-15(18)12(10-11-2-1-9-22-11)13-3-4-14(23-13)24(19,20)16-5-7-21-8-6-16/h1-4,9-10H,5-8H2,(H,17,18)/p-1/b12-10+. The maximum absolute atomic E-state index is 12.6. The first-order valence-electron chi connectivity index (χ1n) is 7.13. The molecule has 128 valence electrons. The molecule has 1 aliphatic rings. The highest BCUT2D eigenvalue weighted by molar-refractivity contribution is 7.91. The van der Waals surface area contributed by atoms with Gasteiger partial charge in [0, 0.05) is 28.4 Å². The molecule has 24 heavy (non-hydrogen) atoms. The summed E-state index contributed by atoms with van der Waals surface area (Å²) in [6, 6.07) is 6.54. The lowest BCUT2D eigenvalue weighted by molar-refractivity contribution is -0.295. The predicted molar refractivity (Wildman–Crippen MR) is 91.1 cm³/mol. The van der Waals surface area contributed by atoms with E-state index in [2.05, 4.69) is 0 Å². The number of carbonyl (C=O) groups is 1. The molecule has 2 aromatic heterocycles. The van der Waals surface area contributed by atoms with Crippen molar-refractivity contribution in [3.63, 3.8) is 0 Å². The van der Waals surface area contributed by atoms with Crippen LogP contribution in [0.4, 0.5) is 0 Å². The van der Waals surface area contributed by atoms with Gasteiger partial charge in [-0.2, -0.15) is 4.31 Å². The lowest BCUT2D eigenvalue weighted by Crippen LogP contribution is -2.40. The number of rotatable bonds is 5. The number of morpholine rings is 1. The first-order valence-corrected chi connectivity index (χ1v) is 10.3. The fourth-order valence-electron chi connectivity index (χ4n) is 2.26. The molecule has 6 nitrogen and oxygen atoms in total. The summed E-state index contributed by atoms with van der Waals surface area (Å²) < 4.78 is 31.9. The summed E-state index contributed by atoms with van der Waals surface area (Å²) in [7, 11) is -3.63. The minimum absolute atomic E-state index is 0.0223. The molecule has 3 rings (SSSR count). The summed E-state index contributed by atoms with van der Waals surface area (Å²) in [6.45, 7) is 1.32. The quantitative estimate of drug-likeness (QED) is 0.721. The van der Waals surface area contributed by atoms with E-state index in [9.17, 15) is 18.3 Å². The molecule has 2 aromatic rings. The van der Waals surface area contributed by atoms with Crippen molar-refractivity contribution >= 4 is 50.3 Å². The summed E-state index contributed by atoms with van der Waals surface area (Å²) in [5.41, 5.74) is -0.0223. The largest absolute Gasteiger partial charge is 0.545 e. The zero-order chi connectivity index (χ0) is 17.2. The Morgan fingerprint density at radius 3 is 2.62 bits per heavy atom. The minimum Gasteiger partial charge on any atom is -0.545 e. The zero-order valence-electron chi connectivity index (χ0n) is 12.5. The Morgan fingerprint density at radius 1 is 1.25 bits per heavy atom. The number of carbonyl (C=O) groups excluding carboxylic acids is 1. The zero-order valence-corrected chi connectivity index (χ0v) is 15.0. The number of hydrogen-bond acceptors (Lipinski definition) is 7. The number of hydrogen-bond donors (Lipinski definition) is 0. The number of carboxylic acid groups (broad SMARTS) is 1. The fraction of sp³-hybridized carbons (Fsp3) is 0.267. The third-order valence-electron chi connectivity index (χ3n) is 3.46. The molecule has 0 bridgehead atoms. The molecule has 0 saturated carbocycles. The highest BCUT2D eigenvalue weighted by Crippen LogP contribution is 2.31. The average molecular weight is 384 g/mol. The van der Waals surface area contributed by atoms with E-state index in [1.54, 1.807) is 6.07 Å². The van der Waals surface area contributed by atoms with Crippen LogP contribution in [0.15, 0.2) is 33.9 Å². The molecule has 1 aliphatic heterocycles. The van der Waals surface area contributed by atoms with Gasteiger partial charge in [-0.1, -0.05) is 6.07 Å². The highest BCUT2D eigenvalue weighted by Gasteiger charge is 2.28. The Balaban J connectivity index is 1.92. The Kier molecular flexibility index (Phi) is 5.16. The molecule has 1 fully saturated rings. The summed E-state index contributed by atoms with van der Waals surface area (Å²) in [5.74, 6) is -1.33. The van der Waals surface area contributed by atoms with Crippen molar-refractivity contribution in [2.75, 3.05) is 26.3 Å². The van der Waals surface area contributed by atoms with E-state index in [0.29, 0.717) is 31.2 Å². The van der Waals surface area contributed by atoms with Crippen LogP contribution in [0.3, 0.4) is 0 Å². The molecule has 9 heteroatoms. The van der Waals surface area contributed by atoms with Crippen molar-refractivity contribution < 1.29 is 23.1 Å². The number of carboxylic acids is 1. The molecule has 0 aliphatic carbocycles. The number of thiophene rings is 2. The Bertz CT molecular complexity index is 846. The summed E-state index contributed by atoms with van der Waals surface area (Å²) in [4.78, 5) is 12.6. The van der Waals surface area contributed by atoms with Crippen LogP contribution in [0, 0.1) is 0 Å². The van der Waals surface area contributed by atoms with Gasteiger partial charge in [-0.3, -0.25) is 0 Å². The highest BCUT2D eigenvalue weighted by atomic mass is 32.2. The first-order chi connectivity index (χ1) is 11.5.